The van der Waals surface area contributed by atoms with E-state index in [0.717, 1.165) is 49.6 Å². The monoisotopic (exact) mass is 394 g/mol. The Bertz CT molecular complexity index is 849. The molecule has 2 heterocycles. The summed E-state index contributed by atoms with van der Waals surface area (Å²) in [6, 6.07) is 8.16. The highest BCUT2D eigenvalue weighted by molar-refractivity contribution is 5.93. The SMILES string of the molecule is COc1cccc(CN2CCc3c(ncnc3C(=O)NCC3CCCCC3)C2)c1. The molecule has 4 rings (SSSR count). The number of fused-ring (bicyclic) bond motifs is 1. The van der Waals surface area contributed by atoms with Gasteiger partial charge in [0.1, 0.15) is 17.8 Å². The van der Waals surface area contributed by atoms with Gasteiger partial charge >= 0.3 is 0 Å². The fourth-order valence-corrected chi connectivity index (χ4v) is 4.48. The fraction of sp³-hybridized carbons (Fsp3) is 0.522. The molecule has 2 aromatic rings. The minimum atomic E-state index is -0.0459. The summed E-state index contributed by atoms with van der Waals surface area (Å²) in [6.45, 7) is 3.22. The van der Waals surface area contributed by atoms with E-state index in [0.29, 0.717) is 11.6 Å². The van der Waals surface area contributed by atoms with Crippen molar-refractivity contribution in [2.24, 2.45) is 5.92 Å². The van der Waals surface area contributed by atoms with E-state index in [1.54, 1.807) is 7.11 Å². The molecule has 1 N–H and O–H groups in total. The first-order chi connectivity index (χ1) is 14.2. The van der Waals surface area contributed by atoms with Crippen LogP contribution in [-0.4, -0.2) is 41.0 Å². The van der Waals surface area contributed by atoms with Gasteiger partial charge in [0.2, 0.25) is 0 Å². The van der Waals surface area contributed by atoms with Gasteiger partial charge in [0, 0.05) is 31.7 Å². The van der Waals surface area contributed by atoms with E-state index in [-0.39, 0.29) is 5.91 Å². The molecular formula is C23H30N4O2. The van der Waals surface area contributed by atoms with E-state index in [2.05, 4.69) is 32.3 Å². The average molecular weight is 395 g/mol. The highest BCUT2D eigenvalue weighted by atomic mass is 16.5. The van der Waals surface area contributed by atoms with Gasteiger partial charge in [-0.25, -0.2) is 9.97 Å². The van der Waals surface area contributed by atoms with Gasteiger partial charge in [-0.1, -0.05) is 31.4 Å². The van der Waals surface area contributed by atoms with Crippen molar-refractivity contribution in [2.45, 2.75) is 51.6 Å². The first-order valence-electron chi connectivity index (χ1n) is 10.7. The summed E-state index contributed by atoms with van der Waals surface area (Å²) in [6.07, 6.45) is 8.67. The predicted octanol–water partition coefficient (Wildman–Crippen LogP) is 3.35. The van der Waals surface area contributed by atoms with Crippen molar-refractivity contribution in [3.63, 3.8) is 0 Å². The molecule has 0 unspecified atom stereocenters. The van der Waals surface area contributed by atoms with Gasteiger partial charge in [-0.3, -0.25) is 9.69 Å². The Balaban J connectivity index is 1.39. The van der Waals surface area contributed by atoms with E-state index < -0.39 is 0 Å². The molecule has 154 valence electrons. The Hall–Kier alpha value is -2.47. The molecule has 6 heteroatoms. The number of rotatable bonds is 6. The zero-order valence-corrected chi connectivity index (χ0v) is 17.2. The molecule has 0 bridgehead atoms. The third-order valence-electron chi connectivity index (χ3n) is 6.12. The van der Waals surface area contributed by atoms with Crippen LogP contribution in [0.2, 0.25) is 0 Å². The maximum atomic E-state index is 12.8. The van der Waals surface area contributed by atoms with Crippen LogP contribution in [0.1, 0.15) is 59.4 Å². The second-order valence-corrected chi connectivity index (χ2v) is 8.17. The zero-order valence-electron chi connectivity index (χ0n) is 17.2. The molecule has 1 saturated carbocycles. The maximum absolute atomic E-state index is 12.8. The summed E-state index contributed by atoms with van der Waals surface area (Å²) in [5.41, 5.74) is 3.76. The third kappa shape index (κ3) is 4.93. The van der Waals surface area contributed by atoms with E-state index in [9.17, 15) is 4.79 Å². The van der Waals surface area contributed by atoms with Crippen LogP contribution in [0, 0.1) is 5.92 Å². The smallest absolute Gasteiger partial charge is 0.270 e. The number of ether oxygens (including phenoxy) is 1. The molecule has 0 saturated heterocycles. The molecule has 0 atom stereocenters. The maximum Gasteiger partial charge on any atom is 0.270 e. The zero-order chi connectivity index (χ0) is 20.1. The van der Waals surface area contributed by atoms with Gasteiger partial charge < -0.3 is 10.1 Å². The van der Waals surface area contributed by atoms with Gasteiger partial charge in [0.25, 0.3) is 5.91 Å². The van der Waals surface area contributed by atoms with Crippen LogP contribution in [0.25, 0.3) is 0 Å². The van der Waals surface area contributed by atoms with Gasteiger partial charge in [0.05, 0.1) is 12.8 Å². The second kappa shape index (κ2) is 9.35. The molecule has 1 aliphatic heterocycles. The molecular weight excluding hydrogens is 364 g/mol. The fourth-order valence-electron chi connectivity index (χ4n) is 4.48. The van der Waals surface area contributed by atoms with Gasteiger partial charge in [0.15, 0.2) is 0 Å². The number of nitrogens with zero attached hydrogens (tertiary/aromatic N) is 3. The van der Waals surface area contributed by atoms with Crippen molar-refractivity contribution in [1.29, 1.82) is 0 Å². The van der Waals surface area contributed by atoms with Crippen molar-refractivity contribution in [3.05, 3.63) is 53.1 Å². The molecule has 0 radical (unpaired) electrons. The summed E-state index contributed by atoms with van der Waals surface area (Å²) < 4.78 is 5.33. The lowest BCUT2D eigenvalue weighted by atomic mass is 9.89. The quantitative estimate of drug-likeness (QED) is 0.814. The molecule has 2 aliphatic rings. The summed E-state index contributed by atoms with van der Waals surface area (Å²) in [5, 5.41) is 3.13. The molecule has 1 amide bonds. The Morgan fingerprint density at radius 1 is 1.24 bits per heavy atom. The van der Waals surface area contributed by atoms with Crippen LogP contribution in [0.15, 0.2) is 30.6 Å². The normalized spacial score (nSPS) is 17.6. The Labute approximate surface area is 172 Å². The minimum Gasteiger partial charge on any atom is -0.497 e. The van der Waals surface area contributed by atoms with E-state index in [4.69, 9.17) is 4.74 Å². The first-order valence-corrected chi connectivity index (χ1v) is 10.7. The van der Waals surface area contributed by atoms with Crippen molar-refractivity contribution in [1.82, 2.24) is 20.2 Å². The van der Waals surface area contributed by atoms with Gasteiger partial charge in [-0.05, 0) is 42.9 Å². The Morgan fingerprint density at radius 3 is 2.93 bits per heavy atom. The minimum absolute atomic E-state index is 0.0459. The molecule has 1 aliphatic carbocycles. The molecule has 0 spiro atoms. The summed E-state index contributed by atoms with van der Waals surface area (Å²) in [5.74, 6) is 1.44. The average Bonchev–Trinajstić information content (AvgIpc) is 2.77. The highest BCUT2D eigenvalue weighted by Gasteiger charge is 2.24. The number of carbonyl (C=O) groups is 1. The molecule has 29 heavy (non-hydrogen) atoms. The number of benzene rings is 1. The standard InChI is InChI=1S/C23H30N4O2/c1-29-19-9-5-8-18(12-19)14-27-11-10-20-21(15-27)25-16-26-22(20)23(28)24-13-17-6-3-2-4-7-17/h5,8-9,12,16-17H,2-4,6-7,10-11,13-15H2,1H3,(H,24,28). The van der Waals surface area contributed by atoms with Crippen molar-refractivity contribution in [2.75, 3.05) is 20.2 Å². The summed E-state index contributed by atoms with van der Waals surface area (Å²) in [7, 11) is 1.69. The van der Waals surface area contributed by atoms with E-state index in [1.807, 2.05) is 12.1 Å². The van der Waals surface area contributed by atoms with Crippen LogP contribution in [0.3, 0.4) is 0 Å². The summed E-state index contributed by atoms with van der Waals surface area (Å²) in [4.78, 5) is 23.9. The van der Waals surface area contributed by atoms with Crippen molar-refractivity contribution in [3.8, 4) is 5.75 Å². The number of hydrogen-bond acceptors (Lipinski definition) is 5. The van der Waals surface area contributed by atoms with Gasteiger partial charge in [-0.15, -0.1) is 0 Å². The number of nitrogens with one attached hydrogen (secondary N) is 1. The number of methoxy groups -OCH3 is 1. The molecule has 6 nitrogen and oxygen atoms in total. The third-order valence-corrected chi connectivity index (χ3v) is 6.12. The van der Waals surface area contributed by atoms with Crippen LogP contribution < -0.4 is 10.1 Å². The molecule has 1 aromatic heterocycles. The van der Waals surface area contributed by atoms with Crippen LogP contribution >= 0.6 is 0 Å². The highest BCUT2D eigenvalue weighted by Crippen LogP contribution is 2.24. The number of hydrogen-bond donors (Lipinski definition) is 1. The van der Waals surface area contributed by atoms with Crippen LogP contribution in [0.4, 0.5) is 0 Å². The van der Waals surface area contributed by atoms with Crippen molar-refractivity contribution >= 4 is 5.91 Å². The number of carbonyl (C=O) groups excluding carboxylic acids is 1. The Morgan fingerprint density at radius 2 is 2.10 bits per heavy atom. The van der Waals surface area contributed by atoms with Crippen LogP contribution in [0.5, 0.6) is 5.75 Å². The lowest BCUT2D eigenvalue weighted by Crippen LogP contribution is -2.35. The second-order valence-electron chi connectivity index (χ2n) is 8.17. The molecule has 1 fully saturated rings. The number of amides is 1. The van der Waals surface area contributed by atoms with E-state index >= 15 is 0 Å². The van der Waals surface area contributed by atoms with Crippen molar-refractivity contribution < 1.29 is 9.53 Å². The Kier molecular flexibility index (Phi) is 6.39. The first kappa shape index (κ1) is 19.8. The van der Waals surface area contributed by atoms with E-state index in [1.165, 1.54) is 44.0 Å². The largest absolute Gasteiger partial charge is 0.497 e. The topological polar surface area (TPSA) is 67.3 Å². The summed E-state index contributed by atoms with van der Waals surface area (Å²) >= 11 is 0. The van der Waals surface area contributed by atoms with Gasteiger partial charge in [-0.2, -0.15) is 0 Å². The lowest BCUT2D eigenvalue weighted by Gasteiger charge is -2.29. The predicted molar refractivity (Wildman–Crippen MR) is 112 cm³/mol. The lowest BCUT2D eigenvalue weighted by molar-refractivity contribution is 0.0935. The molecule has 1 aromatic carbocycles. The number of aromatic nitrogens is 2. The van der Waals surface area contributed by atoms with Crippen LogP contribution in [-0.2, 0) is 19.5 Å².